The summed E-state index contributed by atoms with van der Waals surface area (Å²) in [5.74, 6) is 0.755. The molecule has 2 rings (SSSR count). The predicted octanol–water partition coefficient (Wildman–Crippen LogP) is 1.52. The highest BCUT2D eigenvalue weighted by atomic mass is 15.1. The molecule has 0 unspecified atom stereocenters. The highest BCUT2D eigenvalue weighted by Crippen LogP contribution is 2.31. The van der Waals surface area contributed by atoms with E-state index in [1.807, 2.05) is 0 Å². The summed E-state index contributed by atoms with van der Waals surface area (Å²) in [5.41, 5.74) is 0.465. The molecule has 1 aliphatic carbocycles. The highest BCUT2D eigenvalue weighted by molar-refractivity contribution is 5.00. The molecule has 2 heteroatoms. The lowest BCUT2D eigenvalue weighted by Gasteiger charge is -2.42. The Balaban J connectivity index is 1.98. The SMILES string of the molecule is CC(C)[C@@H]1CNCC2(CCCC2)N1. The van der Waals surface area contributed by atoms with Crippen molar-refractivity contribution in [1.82, 2.24) is 10.6 Å². The lowest BCUT2D eigenvalue weighted by atomic mass is 9.90. The summed E-state index contributed by atoms with van der Waals surface area (Å²) in [5, 5.41) is 7.45. The van der Waals surface area contributed by atoms with Crippen LogP contribution in [-0.4, -0.2) is 24.7 Å². The van der Waals surface area contributed by atoms with E-state index in [0.29, 0.717) is 11.6 Å². The van der Waals surface area contributed by atoms with Crippen LogP contribution in [-0.2, 0) is 0 Å². The first kappa shape index (κ1) is 9.47. The Bertz CT molecular complexity index is 171. The largest absolute Gasteiger partial charge is 0.313 e. The Labute approximate surface area is 81.5 Å². The van der Waals surface area contributed by atoms with Crippen molar-refractivity contribution in [2.45, 2.75) is 51.1 Å². The average Bonchev–Trinajstić information content (AvgIpc) is 2.53. The third-order valence-corrected chi connectivity index (χ3v) is 3.68. The van der Waals surface area contributed by atoms with Crippen molar-refractivity contribution in [1.29, 1.82) is 0 Å². The molecular formula is C11H22N2. The van der Waals surface area contributed by atoms with Crippen LogP contribution in [0.1, 0.15) is 39.5 Å². The smallest absolute Gasteiger partial charge is 0.0309 e. The van der Waals surface area contributed by atoms with Crippen LogP contribution in [0.5, 0.6) is 0 Å². The molecule has 1 spiro atoms. The topological polar surface area (TPSA) is 24.1 Å². The second kappa shape index (κ2) is 3.58. The van der Waals surface area contributed by atoms with Crippen LogP contribution in [0, 0.1) is 5.92 Å². The second-order valence-corrected chi connectivity index (χ2v) is 5.11. The van der Waals surface area contributed by atoms with Crippen molar-refractivity contribution in [2.75, 3.05) is 13.1 Å². The average molecular weight is 182 g/mol. The predicted molar refractivity (Wildman–Crippen MR) is 55.8 cm³/mol. The second-order valence-electron chi connectivity index (χ2n) is 5.11. The molecule has 0 amide bonds. The molecule has 1 heterocycles. The molecule has 0 radical (unpaired) electrons. The molecule has 0 aromatic carbocycles. The van der Waals surface area contributed by atoms with Gasteiger partial charge >= 0.3 is 0 Å². The number of hydrogen-bond acceptors (Lipinski definition) is 2. The van der Waals surface area contributed by atoms with E-state index < -0.39 is 0 Å². The van der Waals surface area contributed by atoms with Gasteiger partial charge in [-0.2, -0.15) is 0 Å². The first-order chi connectivity index (χ1) is 6.22. The van der Waals surface area contributed by atoms with Crippen molar-refractivity contribution in [3.8, 4) is 0 Å². The molecular weight excluding hydrogens is 160 g/mol. The molecule has 0 aromatic rings. The van der Waals surface area contributed by atoms with Gasteiger partial charge in [0.05, 0.1) is 0 Å². The molecule has 1 saturated carbocycles. The standard InChI is InChI=1S/C11H22N2/c1-9(2)10-7-12-8-11(13-10)5-3-4-6-11/h9-10,12-13H,3-8H2,1-2H3/t10-/m0/s1. The number of nitrogens with one attached hydrogen (secondary N) is 2. The van der Waals surface area contributed by atoms with Gasteiger partial charge < -0.3 is 10.6 Å². The summed E-state index contributed by atoms with van der Waals surface area (Å²) >= 11 is 0. The van der Waals surface area contributed by atoms with Crippen molar-refractivity contribution >= 4 is 0 Å². The molecule has 2 nitrogen and oxygen atoms in total. The summed E-state index contributed by atoms with van der Waals surface area (Å²) < 4.78 is 0. The Morgan fingerprint density at radius 2 is 1.92 bits per heavy atom. The van der Waals surface area contributed by atoms with Gasteiger partial charge in [0.2, 0.25) is 0 Å². The van der Waals surface area contributed by atoms with Crippen LogP contribution in [0.2, 0.25) is 0 Å². The van der Waals surface area contributed by atoms with Crippen molar-refractivity contribution in [3.63, 3.8) is 0 Å². The van der Waals surface area contributed by atoms with Crippen LogP contribution in [0.15, 0.2) is 0 Å². The van der Waals surface area contributed by atoms with Gasteiger partial charge in [-0.15, -0.1) is 0 Å². The van der Waals surface area contributed by atoms with E-state index in [0.717, 1.165) is 12.5 Å². The monoisotopic (exact) mass is 182 g/mol. The number of piperazine rings is 1. The van der Waals surface area contributed by atoms with Crippen molar-refractivity contribution in [2.24, 2.45) is 5.92 Å². The van der Waals surface area contributed by atoms with Crippen LogP contribution in [0.4, 0.5) is 0 Å². The molecule has 1 aliphatic heterocycles. The van der Waals surface area contributed by atoms with Gasteiger partial charge in [-0.05, 0) is 18.8 Å². The van der Waals surface area contributed by atoms with Gasteiger partial charge in [-0.25, -0.2) is 0 Å². The van der Waals surface area contributed by atoms with E-state index in [-0.39, 0.29) is 0 Å². The van der Waals surface area contributed by atoms with Crippen LogP contribution >= 0.6 is 0 Å². The lowest BCUT2D eigenvalue weighted by molar-refractivity contribution is 0.197. The van der Waals surface area contributed by atoms with E-state index in [1.54, 1.807) is 0 Å². The number of rotatable bonds is 1. The van der Waals surface area contributed by atoms with E-state index >= 15 is 0 Å². The quantitative estimate of drug-likeness (QED) is 0.642. The van der Waals surface area contributed by atoms with Gasteiger partial charge in [0.25, 0.3) is 0 Å². The Morgan fingerprint density at radius 1 is 1.23 bits per heavy atom. The zero-order chi connectivity index (χ0) is 9.31. The van der Waals surface area contributed by atoms with Crippen molar-refractivity contribution < 1.29 is 0 Å². The summed E-state index contributed by atoms with van der Waals surface area (Å²) in [6.45, 7) is 6.97. The molecule has 13 heavy (non-hydrogen) atoms. The summed E-state index contributed by atoms with van der Waals surface area (Å²) in [6, 6.07) is 0.687. The zero-order valence-electron chi connectivity index (χ0n) is 8.90. The van der Waals surface area contributed by atoms with Crippen LogP contribution in [0.3, 0.4) is 0 Å². The van der Waals surface area contributed by atoms with Gasteiger partial charge in [-0.1, -0.05) is 26.7 Å². The zero-order valence-corrected chi connectivity index (χ0v) is 8.90. The van der Waals surface area contributed by atoms with Crippen molar-refractivity contribution in [3.05, 3.63) is 0 Å². The van der Waals surface area contributed by atoms with E-state index in [4.69, 9.17) is 0 Å². The maximum absolute atomic E-state index is 3.87. The lowest BCUT2D eigenvalue weighted by Crippen LogP contribution is -2.63. The maximum atomic E-state index is 3.87. The maximum Gasteiger partial charge on any atom is 0.0309 e. The fourth-order valence-corrected chi connectivity index (χ4v) is 2.74. The van der Waals surface area contributed by atoms with Gasteiger partial charge in [0.1, 0.15) is 0 Å². The fraction of sp³-hybridized carbons (Fsp3) is 1.00. The van der Waals surface area contributed by atoms with E-state index in [9.17, 15) is 0 Å². The summed E-state index contributed by atoms with van der Waals surface area (Å²) in [6.07, 6.45) is 5.59. The number of hydrogen-bond donors (Lipinski definition) is 2. The first-order valence-corrected chi connectivity index (χ1v) is 5.70. The minimum atomic E-state index is 0.465. The minimum absolute atomic E-state index is 0.465. The molecule has 2 N–H and O–H groups in total. The molecule has 0 bridgehead atoms. The third-order valence-electron chi connectivity index (χ3n) is 3.68. The molecule has 1 atom stereocenters. The van der Waals surface area contributed by atoms with Gasteiger partial charge in [0, 0.05) is 24.7 Å². The molecule has 76 valence electrons. The van der Waals surface area contributed by atoms with Gasteiger partial charge in [-0.3, -0.25) is 0 Å². The summed E-state index contributed by atoms with van der Waals surface area (Å²) in [4.78, 5) is 0. The Hall–Kier alpha value is -0.0800. The van der Waals surface area contributed by atoms with E-state index in [2.05, 4.69) is 24.5 Å². The molecule has 2 fully saturated rings. The Morgan fingerprint density at radius 3 is 2.54 bits per heavy atom. The first-order valence-electron chi connectivity index (χ1n) is 5.70. The van der Waals surface area contributed by atoms with E-state index in [1.165, 1.54) is 32.2 Å². The highest BCUT2D eigenvalue weighted by Gasteiger charge is 2.38. The molecule has 1 saturated heterocycles. The Kier molecular flexibility index (Phi) is 2.61. The molecule has 0 aromatic heterocycles. The fourth-order valence-electron chi connectivity index (χ4n) is 2.74. The minimum Gasteiger partial charge on any atom is -0.313 e. The van der Waals surface area contributed by atoms with Crippen LogP contribution in [0.25, 0.3) is 0 Å². The third kappa shape index (κ3) is 1.89. The van der Waals surface area contributed by atoms with Gasteiger partial charge in [0.15, 0.2) is 0 Å². The molecule has 2 aliphatic rings. The van der Waals surface area contributed by atoms with Crippen LogP contribution < -0.4 is 10.6 Å². The normalized spacial score (nSPS) is 33.0. The summed E-state index contributed by atoms with van der Waals surface area (Å²) in [7, 11) is 0.